The van der Waals surface area contributed by atoms with Gasteiger partial charge in [-0.05, 0) is 42.8 Å². The molecule has 0 bridgehead atoms. The van der Waals surface area contributed by atoms with E-state index in [1.165, 1.54) is 13.0 Å². The first-order valence-corrected chi connectivity index (χ1v) is 9.25. The highest BCUT2D eigenvalue weighted by Gasteiger charge is 2.37. The van der Waals surface area contributed by atoms with Gasteiger partial charge >= 0.3 is 0 Å². The zero-order valence-corrected chi connectivity index (χ0v) is 15.9. The molecule has 2 aromatic carbocycles. The first kappa shape index (κ1) is 18.3. The standard InChI is InChI=1S/C21H17ClN2O4/c1-12(25)24-17-11-14(22)6-9-16(17)19(21(24)28)20(27)13-4-7-15(8-5-13)23-10-2-3-18(23)26/h4-9,11,27H,2-3,10H2,1H3/b20-19+. The number of nitrogens with zero attached hydrogens (tertiary/aromatic N) is 2. The van der Waals surface area contributed by atoms with Crippen molar-refractivity contribution in [1.82, 2.24) is 0 Å². The fraction of sp³-hybridized carbons (Fsp3) is 0.190. The van der Waals surface area contributed by atoms with E-state index in [1.807, 2.05) is 0 Å². The number of hydrogen-bond acceptors (Lipinski definition) is 4. The minimum Gasteiger partial charge on any atom is -0.506 e. The lowest BCUT2D eigenvalue weighted by Crippen LogP contribution is -2.31. The molecule has 0 aromatic heterocycles. The number of imide groups is 1. The molecule has 2 aliphatic heterocycles. The van der Waals surface area contributed by atoms with Crippen molar-refractivity contribution in [3.8, 4) is 0 Å². The average Bonchev–Trinajstić information content (AvgIpc) is 3.21. The fourth-order valence-electron chi connectivity index (χ4n) is 3.64. The molecule has 0 aliphatic carbocycles. The number of hydrogen-bond donors (Lipinski definition) is 1. The van der Waals surface area contributed by atoms with E-state index in [-0.39, 0.29) is 17.2 Å². The summed E-state index contributed by atoms with van der Waals surface area (Å²) in [6.45, 7) is 1.95. The van der Waals surface area contributed by atoms with Crippen LogP contribution in [0.3, 0.4) is 0 Å². The summed E-state index contributed by atoms with van der Waals surface area (Å²) in [5, 5.41) is 11.2. The molecule has 7 heteroatoms. The summed E-state index contributed by atoms with van der Waals surface area (Å²) in [5.74, 6) is -1.21. The van der Waals surface area contributed by atoms with Gasteiger partial charge in [-0.15, -0.1) is 0 Å². The largest absolute Gasteiger partial charge is 0.506 e. The number of rotatable bonds is 2. The van der Waals surface area contributed by atoms with Crippen LogP contribution in [0.1, 0.15) is 30.9 Å². The number of aliphatic hydroxyl groups is 1. The van der Waals surface area contributed by atoms with Crippen LogP contribution < -0.4 is 9.80 Å². The molecule has 2 aliphatic rings. The van der Waals surface area contributed by atoms with Crippen molar-refractivity contribution in [2.24, 2.45) is 0 Å². The van der Waals surface area contributed by atoms with Gasteiger partial charge in [0.05, 0.1) is 11.3 Å². The van der Waals surface area contributed by atoms with Crippen molar-refractivity contribution < 1.29 is 19.5 Å². The molecule has 2 aromatic rings. The lowest BCUT2D eigenvalue weighted by molar-refractivity contribution is -0.122. The van der Waals surface area contributed by atoms with Gasteiger partial charge in [-0.3, -0.25) is 14.4 Å². The van der Waals surface area contributed by atoms with Crippen molar-refractivity contribution in [3.63, 3.8) is 0 Å². The van der Waals surface area contributed by atoms with E-state index in [2.05, 4.69) is 0 Å². The third-order valence-corrected chi connectivity index (χ3v) is 5.20. The summed E-state index contributed by atoms with van der Waals surface area (Å²) in [7, 11) is 0. The molecular formula is C21H17ClN2O4. The number of carbonyl (C=O) groups is 3. The summed E-state index contributed by atoms with van der Waals surface area (Å²) < 4.78 is 0. The maximum Gasteiger partial charge on any atom is 0.269 e. The summed E-state index contributed by atoms with van der Waals surface area (Å²) in [6, 6.07) is 11.5. The predicted octanol–water partition coefficient (Wildman–Crippen LogP) is 3.79. The van der Waals surface area contributed by atoms with Crippen LogP contribution in [-0.4, -0.2) is 29.4 Å². The summed E-state index contributed by atoms with van der Waals surface area (Å²) in [4.78, 5) is 39.4. The number of fused-ring (bicyclic) bond motifs is 1. The van der Waals surface area contributed by atoms with Crippen molar-refractivity contribution >= 4 is 52.0 Å². The van der Waals surface area contributed by atoms with E-state index < -0.39 is 11.8 Å². The molecule has 1 N–H and O–H groups in total. The Morgan fingerprint density at radius 2 is 1.82 bits per heavy atom. The molecule has 3 amide bonds. The van der Waals surface area contributed by atoms with Gasteiger partial charge in [-0.1, -0.05) is 17.7 Å². The average molecular weight is 397 g/mol. The molecule has 0 saturated carbocycles. The number of halogens is 1. The highest BCUT2D eigenvalue weighted by Crippen LogP contribution is 2.41. The number of benzene rings is 2. The van der Waals surface area contributed by atoms with Gasteiger partial charge < -0.3 is 10.0 Å². The highest BCUT2D eigenvalue weighted by atomic mass is 35.5. The first-order chi connectivity index (χ1) is 13.4. The maximum absolute atomic E-state index is 12.8. The molecule has 142 valence electrons. The molecule has 0 radical (unpaired) electrons. The van der Waals surface area contributed by atoms with Crippen LogP contribution in [0.4, 0.5) is 11.4 Å². The number of aliphatic hydroxyl groups excluding tert-OH is 1. The Bertz CT molecular complexity index is 1040. The zero-order valence-electron chi connectivity index (χ0n) is 15.1. The molecule has 0 atom stereocenters. The molecule has 1 saturated heterocycles. The second kappa shape index (κ2) is 6.80. The Labute approximate surface area is 166 Å². The van der Waals surface area contributed by atoms with Gasteiger partial charge in [-0.2, -0.15) is 0 Å². The van der Waals surface area contributed by atoms with Gasteiger partial charge in [0.2, 0.25) is 11.8 Å². The number of anilines is 2. The highest BCUT2D eigenvalue weighted by molar-refractivity contribution is 6.43. The number of amides is 3. The maximum atomic E-state index is 12.8. The summed E-state index contributed by atoms with van der Waals surface area (Å²) in [5.41, 5.74) is 2.02. The van der Waals surface area contributed by atoms with Gasteiger partial charge in [-0.25, -0.2) is 4.90 Å². The zero-order chi connectivity index (χ0) is 20.0. The van der Waals surface area contributed by atoms with E-state index >= 15 is 0 Å². The smallest absolute Gasteiger partial charge is 0.269 e. The van der Waals surface area contributed by atoms with E-state index in [0.29, 0.717) is 34.8 Å². The predicted molar refractivity (Wildman–Crippen MR) is 107 cm³/mol. The Hall–Kier alpha value is -3.12. The third kappa shape index (κ3) is 2.86. The topological polar surface area (TPSA) is 77.9 Å². The summed E-state index contributed by atoms with van der Waals surface area (Å²) >= 11 is 6.02. The van der Waals surface area contributed by atoms with Gasteiger partial charge in [0.1, 0.15) is 5.76 Å². The SMILES string of the molecule is CC(=O)N1C(=O)/C(=C(/O)c2ccc(N3CCCC3=O)cc2)c2ccc(Cl)cc21. The van der Waals surface area contributed by atoms with Gasteiger partial charge in [0.15, 0.2) is 0 Å². The van der Waals surface area contributed by atoms with Crippen LogP contribution >= 0.6 is 11.6 Å². The second-order valence-electron chi connectivity index (χ2n) is 6.74. The Balaban J connectivity index is 1.77. The van der Waals surface area contributed by atoms with Crippen LogP contribution in [0, 0.1) is 0 Å². The molecule has 28 heavy (non-hydrogen) atoms. The Morgan fingerprint density at radius 3 is 2.43 bits per heavy atom. The van der Waals surface area contributed by atoms with Crippen LogP contribution in [-0.2, 0) is 14.4 Å². The minimum absolute atomic E-state index is 0.0480. The minimum atomic E-state index is -0.596. The lowest BCUT2D eigenvalue weighted by atomic mass is 10.0. The molecule has 4 rings (SSSR count). The first-order valence-electron chi connectivity index (χ1n) is 8.87. The quantitative estimate of drug-likeness (QED) is 0.619. The normalized spacial score (nSPS) is 17.9. The van der Waals surface area contributed by atoms with Crippen molar-refractivity contribution in [3.05, 3.63) is 58.6 Å². The fourth-order valence-corrected chi connectivity index (χ4v) is 3.81. The van der Waals surface area contributed by atoms with Crippen molar-refractivity contribution in [2.75, 3.05) is 16.3 Å². The molecule has 0 spiro atoms. The monoisotopic (exact) mass is 396 g/mol. The lowest BCUT2D eigenvalue weighted by Gasteiger charge is -2.16. The van der Waals surface area contributed by atoms with Crippen molar-refractivity contribution in [2.45, 2.75) is 19.8 Å². The van der Waals surface area contributed by atoms with E-state index in [4.69, 9.17) is 11.6 Å². The Morgan fingerprint density at radius 1 is 1.11 bits per heavy atom. The molecule has 6 nitrogen and oxygen atoms in total. The molecule has 1 fully saturated rings. The molecule has 2 heterocycles. The van der Waals surface area contributed by atoms with Crippen LogP contribution in [0.15, 0.2) is 42.5 Å². The van der Waals surface area contributed by atoms with Gasteiger partial charge in [0, 0.05) is 41.7 Å². The van der Waals surface area contributed by atoms with Crippen LogP contribution in [0.25, 0.3) is 11.3 Å². The number of carbonyl (C=O) groups excluding carboxylic acids is 3. The van der Waals surface area contributed by atoms with Crippen LogP contribution in [0.5, 0.6) is 0 Å². The third-order valence-electron chi connectivity index (χ3n) is 4.96. The van der Waals surface area contributed by atoms with E-state index in [1.54, 1.807) is 41.3 Å². The van der Waals surface area contributed by atoms with E-state index in [0.717, 1.165) is 17.0 Å². The molecular weight excluding hydrogens is 380 g/mol. The molecule has 0 unspecified atom stereocenters. The second-order valence-corrected chi connectivity index (χ2v) is 7.18. The summed E-state index contributed by atoms with van der Waals surface area (Å²) in [6.07, 6.45) is 1.36. The van der Waals surface area contributed by atoms with Crippen LogP contribution in [0.2, 0.25) is 5.02 Å². The van der Waals surface area contributed by atoms with Crippen molar-refractivity contribution in [1.29, 1.82) is 0 Å². The van der Waals surface area contributed by atoms with E-state index in [9.17, 15) is 19.5 Å². The Kier molecular flexibility index (Phi) is 4.43. The van der Waals surface area contributed by atoms with Gasteiger partial charge in [0.25, 0.3) is 5.91 Å².